The second kappa shape index (κ2) is 8.18. The van der Waals surface area contributed by atoms with E-state index in [1.165, 1.54) is 15.9 Å². The molecule has 2 heterocycles. The van der Waals surface area contributed by atoms with E-state index in [1.54, 1.807) is 35.7 Å². The summed E-state index contributed by atoms with van der Waals surface area (Å²) in [6, 6.07) is 18.0. The molecule has 4 rings (SSSR count). The summed E-state index contributed by atoms with van der Waals surface area (Å²) in [6.45, 7) is 0.156. The Morgan fingerprint density at radius 1 is 1.00 bits per heavy atom. The Bertz CT molecular complexity index is 1310. The topological polar surface area (TPSA) is 73.1 Å². The van der Waals surface area contributed by atoms with Crippen LogP contribution in [-0.2, 0) is 17.9 Å². The van der Waals surface area contributed by atoms with Crippen LogP contribution in [0, 0.1) is 0 Å². The number of benzene rings is 2. The largest absolute Gasteiger partial charge is 0.350 e. The van der Waals surface area contributed by atoms with Gasteiger partial charge in [-0.3, -0.25) is 14.2 Å². The molecule has 0 aliphatic carbocycles. The number of para-hydroxylation sites is 1. The van der Waals surface area contributed by atoms with E-state index in [0.717, 1.165) is 14.6 Å². The molecule has 0 unspecified atom stereocenters. The van der Waals surface area contributed by atoms with Crippen LogP contribution < -0.4 is 16.6 Å². The Hall–Kier alpha value is -2.97. The van der Waals surface area contributed by atoms with Crippen LogP contribution in [0.15, 0.2) is 80.1 Å². The molecular weight excluding hydrogens is 454 g/mol. The first-order valence-corrected chi connectivity index (χ1v) is 10.5. The summed E-state index contributed by atoms with van der Waals surface area (Å²) in [4.78, 5) is 38.5. The van der Waals surface area contributed by atoms with Gasteiger partial charge in [-0.25, -0.2) is 9.36 Å². The smallest absolute Gasteiger partial charge is 0.336 e. The van der Waals surface area contributed by atoms with Gasteiger partial charge in [-0.15, -0.1) is 11.3 Å². The second-order valence-electron chi connectivity index (χ2n) is 6.35. The standard InChI is InChI=1S/C21H16BrN3O3S/c22-16-9-5-4-6-14(16)12-23-18(26)13-24-17-10-11-29-19(17)20(27)25(21(24)28)15-7-2-1-3-8-15/h1-11H,12-13H2,(H,23,26). The van der Waals surface area contributed by atoms with Crippen LogP contribution in [0.5, 0.6) is 0 Å². The lowest BCUT2D eigenvalue weighted by Crippen LogP contribution is -2.41. The number of carbonyl (C=O) groups excluding carboxylic acids is 1. The molecule has 0 spiro atoms. The fourth-order valence-corrected chi connectivity index (χ4v) is 4.33. The van der Waals surface area contributed by atoms with Crippen LogP contribution in [0.1, 0.15) is 5.56 Å². The van der Waals surface area contributed by atoms with Gasteiger partial charge in [0.1, 0.15) is 11.2 Å². The van der Waals surface area contributed by atoms with Gasteiger partial charge in [0.25, 0.3) is 5.56 Å². The third kappa shape index (κ3) is 3.81. The summed E-state index contributed by atoms with van der Waals surface area (Å²) in [5.41, 5.74) is 0.954. The third-order valence-electron chi connectivity index (χ3n) is 4.50. The summed E-state index contributed by atoms with van der Waals surface area (Å²) in [5, 5.41) is 4.58. The monoisotopic (exact) mass is 469 g/mol. The molecule has 0 aliphatic heterocycles. The molecule has 2 aromatic carbocycles. The second-order valence-corrected chi connectivity index (χ2v) is 8.12. The number of amides is 1. The van der Waals surface area contributed by atoms with Crippen molar-refractivity contribution >= 4 is 43.4 Å². The van der Waals surface area contributed by atoms with Gasteiger partial charge < -0.3 is 5.32 Å². The van der Waals surface area contributed by atoms with Gasteiger partial charge in [0.2, 0.25) is 5.91 Å². The Balaban J connectivity index is 1.69. The summed E-state index contributed by atoms with van der Waals surface area (Å²) < 4.78 is 3.79. The molecule has 0 bridgehead atoms. The Morgan fingerprint density at radius 3 is 2.48 bits per heavy atom. The molecule has 0 radical (unpaired) electrons. The first-order chi connectivity index (χ1) is 14.1. The minimum absolute atomic E-state index is 0.177. The predicted octanol–water partition coefficient (Wildman–Crippen LogP) is 3.29. The summed E-state index contributed by atoms with van der Waals surface area (Å²) >= 11 is 4.71. The van der Waals surface area contributed by atoms with Gasteiger partial charge in [0.05, 0.1) is 11.2 Å². The number of aromatic nitrogens is 2. The Kier molecular flexibility index (Phi) is 5.46. The molecule has 146 valence electrons. The van der Waals surface area contributed by atoms with Crippen molar-refractivity contribution in [1.29, 1.82) is 0 Å². The van der Waals surface area contributed by atoms with Crippen LogP contribution in [0.3, 0.4) is 0 Å². The molecular formula is C21H16BrN3O3S. The van der Waals surface area contributed by atoms with Gasteiger partial charge in [-0.1, -0.05) is 52.3 Å². The molecule has 2 aromatic heterocycles. The van der Waals surface area contributed by atoms with Crippen LogP contribution in [0.2, 0.25) is 0 Å². The minimum atomic E-state index is -0.539. The van der Waals surface area contributed by atoms with Gasteiger partial charge in [0.15, 0.2) is 0 Å². The maximum Gasteiger partial charge on any atom is 0.336 e. The van der Waals surface area contributed by atoms with E-state index in [-0.39, 0.29) is 18.0 Å². The SMILES string of the molecule is O=C(Cn1c(=O)n(-c2ccccc2)c(=O)c2sccc21)NCc1ccccc1Br. The quantitative estimate of drug-likeness (QED) is 0.487. The third-order valence-corrected chi connectivity index (χ3v) is 6.17. The van der Waals surface area contributed by atoms with Crippen molar-refractivity contribution in [2.75, 3.05) is 0 Å². The summed E-state index contributed by atoms with van der Waals surface area (Å²) in [6.07, 6.45) is 0. The van der Waals surface area contributed by atoms with Gasteiger partial charge >= 0.3 is 5.69 Å². The molecule has 0 saturated carbocycles. The van der Waals surface area contributed by atoms with E-state index in [2.05, 4.69) is 21.2 Å². The maximum absolute atomic E-state index is 13.1. The lowest BCUT2D eigenvalue weighted by Gasteiger charge is -2.13. The number of hydrogen-bond donors (Lipinski definition) is 1. The number of nitrogens with one attached hydrogen (secondary N) is 1. The van der Waals surface area contributed by atoms with E-state index in [9.17, 15) is 14.4 Å². The molecule has 4 aromatic rings. The molecule has 6 nitrogen and oxygen atoms in total. The summed E-state index contributed by atoms with van der Waals surface area (Å²) in [7, 11) is 0. The number of halogens is 1. The fraction of sp³-hybridized carbons (Fsp3) is 0.0952. The minimum Gasteiger partial charge on any atom is -0.350 e. The first kappa shape index (κ1) is 19.4. The molecule has 0 atom stereocenters. The maximum atomic E-state index is 13.1. The Morgan fingerprint density at radius 2 is 1.72 bits per heavy atom. The number of fused-ring (bicyclic) bond motifs is 1. The molecule has 0 aliphatic rings. The van der Waals surface area contributed by atoms with E-state index >= 15 is 0 Å². The highest BCUT2D eigenvalue weighted by atomic mass is 79.9. The molecule has 1 amide bonds. The first-order valence-electron chi connectivity index (χ1n) is 8.85. The van der Waals surface area contributed by atoms with E-state index in [0.29, 0.717) is 22.4 Å². The number of rotatable bonds is 5. The average Bonchev–Trinajstić information content (AvgIpc) is 3.22. The van der Waals surface area contributed by atoms with E-state index in [1.807, 2.05) is 30.3 Å². The highest BCUT2D eigenvalue weighted by Gasteiger charge is 2.17. The number of nitrogens with zero attached hydrogens (tertiary/aromatic N) is 2. The molecule has 1 N–H and O–H groups in total. The van der Waals surface area contributed by atoms with Crippen molar-refractivity contribution in [3.63, 3.8) is 0 Å². The lowest BCUT2D eigenvalue weighted by atomic mass is 10.2. The highest BCUT2D eigenvalue weighted by Crippen LogP contribution is 2.17. The van der Waals surface area contributed by atoms with E-state index in [4.69, 9.17) is 0 Å². The molecule has 29 heavy (non-hydrogen) atoms. The van der Waals surface area contributed by atoms with Crippen molar-refractivity contribution in [3.8, 4) is 5.69 Å². The molecule has 8 heteroatoms. The van der Waals surface area contributed by atoms with Crippen molar-refractivity contribution in [1.82, 2.24) is 14.5 Å². The zero-order valence-electron chi connectivity index (χ0n) is 15.2. The van der Waals surface area contributed by atoms with Crippen LogP contribution >= 0.6 is 27.3 Å². The highest BCUT2D eigenvalue weighted by molar-refractivity contribution is 9.10. The average molecular weight is 470 g/mol. The fourth-order valence-electron chi connectivity index (χ4n) is 3.08. The van der Waals surface area contributed by atoms with Gasteiger partial charge in [-0.2, -0.15) is 0 Å². The number of hydrogen-bond acceptors (Lipinski definition) is 4. The predicted molar refractivity (Wildman–Crippen MR) is 118 cm³/mol. The normalized spacial score (nSPS) is 10.9. The molecule has 0 saturated heterocycles. The van der Waals surface area contributed by atoms with E-state index < -0.39 is 5.69 Å². The van der Waals surface area contributed by atoms with Crippen LogP contribution in [0.25, 0.3) is 15.9 Å². The molecule has 0 fully saturated rings. The van der Waals surface area contributed by atoms with Gasteiger partial charge in [-0.05, 0) is 35.2 Å². The van der Waals surface area contributed by atoms with Crippen molar-refractivity contribution in [3.05, 3.63) is 96.9 Å². The number of carbonyl (C=O) groups is 1. The zero-order chi connectivity index (χ0) is 20.4. The Labute approximate surface area is 178 Å². The van der Waals surface area contributed by atoms with Crippen molar-refractivity contribution in [2.24, 2.45) is 0 Å². The van der Waals surface area contributed by atoms with Gasteiger partial charge in [0, 0.05) is 11.0 Å². The van der Waals surface area contributed by atoms with Crippen LogP contribution in [0.4, 0.5) is 0 Å². The summed E-state index contributed by atoms with van der Waals surface area (Å²) in [5.74, 6) is -0.311. The van der Waals surface area contributed by atoms with Crippen LogP contribution in [-0.4, -0.2) is 15.0 Å². The van der Waals surface area contributed by atoms with Crippen molar-refractivity contribution in [2.45, 2.75) is 13.1 Å². The number of thiophene rings is 1. The van der Waals surface area contributed by atoms with Crippen molar-refractivity contribution < 1.29 is 4.79 Å². The zero-order valence-corrected chi connectivity index (χ0v) is 17.6. The lowest BCUT2D eigenvalue weighted by molar-refractivity contribution is -0.121.